The molecule has 9 heteroatoms. The highest BCUT2D eigenvalue weighted by molar-refractivity contribution is 5.85. The van der Waals surface area contributed by atoms with E-state index >= 15 is 0 Å². The van der Waals surface area contributed by atoms with Gasteiger partial charge in [0.05, 0.1) is 22.8 Å². The molecule has 0 amide bonds. The monoisotopic (exact) mass is 420 g/mol. The lowest BCUT2D eigenvalue weighted by molar-refractivity contribution is 0.995. The van der Waals surface area contributed by atoms with Gasteiger partial charge in [-0.2, -0.15) is 0 Å². The molecular formula is C21H21ClN8. The average Bonchev–Trinajstić information content (AvgIpc) is 3.47. The maximum Gasteiger partial charge on any atom is 0.200 e. The number of halogens is 1. The van der Waals surface area contributed by atoms with Crippen LogP contribution in [-0.2, 0) is 0 Å². The van der Waals surface area contributed by atoms with Crippen LogP contribution in [0.15, 0.2) is 48.5 Å². The minimum Gasteiger partial charge on any atom is -0.369 e. The lowest BCUT2D eigenvalue weighted by Crippen LogP contribution is -2.35. The molecule has 8 N–H and O–H groups in total. The van der Waals surface area contributed by atoms with Gasteiger partial charge in [0.25, 0.3) is 0 Å². The molecule has 2 aliphatic rings. The second-order valence-electron chi connectivity index (χ2n) is 6.46. The molecule has 5 rings (SSSR count). The smallest absolute Gasteiger partial charge is 0.200 e. The van der Waals surface area contributed by atoms with Gasteiger partial charge < -0.3 is 15.7 Å². The van der Waals surface area contributed by atoms with Crippen LogP contribution in [0.25, 0.3) is 46.4 Å². The molecule has 0 aromatic carbocycles. The number of nitrogens with zero attached hydrogens (tertiary/aromatic N) is 2. The molecular weight excluding hydrogens is 400 g/mol. The topological polar surface area (TPSA) is 145 Å². The number of hydrogen-bond acceptors (Lipinski definition) is 4. The summed E-state index contributed by atoms with van der Waals surface area (Å²) in [5.74, 6) is 4.35. The summed E-state index contributed by atoms with van der Waals surface area (Å²) < 4.78 is 0. The molecule has 8 bridgehead atoms. The molecule has 152 valence electrons. The van der Waals surface area contributed by atoms with Crippen LogP contribution >= 0.6 is 12.4 Å². The maximum atomic E-state index is 6.28. The van der Waals surface area contributed by atoms with Gasteiger partial charge in [-0.1, -0.05) is 0 Å². The first kappa shape index (κ1) is 20.8. The molecule has 0 fully saturated rings. The molecule has 0 aliphatic carbocycles. The van der Waals surface area contributed by atoms with Crippen LogP contribution in [0.4, 0.5) is 0 Å². The number of hydrogen-bond donors (Lipinski definition) is 6. The van der Waals surface area contributed by atoms with Gasteiger partial charge in [0, 0.05) is 22.1 Å². The highest BCUT2D eigenvalue weighted by Gasteiger charge is 2.01. The predicted molar refractivity (Wildman–Crippen MR) is 125 cm³/mol. The van der Waals surface area contributed by atoms with Gasteiger partial charge >= 0.3 is 0 Å². The molecule has 0 saturated heterocycles. The summed E-state index contributed by atoms with van der Waals surface area (Å²) in [6.07, 6.45) is 8.09. The van der Waals surface area contributed by atoms with Gasteiger partial charge in [-0.15, -0.1) is 12.4 Å². The molecule has 5 heterocycles. The second-order valence-corrected chi connectivity index (χ2v) is 6.46. The first-order valence-corrected chi connectivity index (χ1v) is 8.92. The van der Waals surface area contributed by atoms with Crippen molar-refractivity contribution in [2.24, 2.45) is 11.6 Å². The van der Waals surface area contributed by atoms with Crippen LogP contribution in [-0.4, -0.2) is 25.9 Å². The number of aromatic nitrogens is 4. The normalized spacial score (nSPS) is 11.2. The van der Waals surface area contributed by atoms with Crippen LogP contribution in [0.1, 0.15) is 22.8 Å². The van der Waals surface area contributed by atoms with E-state index in [1.165, 1.54) is 0 Å². The summed E-state index contributed by atoms with van der Waals surface area (Å²) in [6, 6.07) is 16.4. The van der Waals surface area contributed by atoms with E-state index in [0.29, 0.717) is 0 Å². The zero-order valence-electron chi connectivity index (χ0n) is 15.9. The minimum absolute atomic E-state index is 0. The Morgan fingerprint density at radius 2 is 0.967 bits per heavy atom. The molecule has 30 heavy (non-hydrogen) atoms. The molecule has 0 spiro atoms. The molecule has 0 unspecified atom stereocenters. The molecule has 0 saturated carbocycles. The Hall–Kier alpha value is -3.88. The van der Waals surface area contributed by atoms with Crippen LogP contribution < -0.4 is 17.0 Å². The second kappa shape index (κ2) is 9.08. The van der Waals surface area contributed by atoms with E-state index in [1.807, 2.05) is 54.0 Å². The van der Waals surface area contributed by atoms with E-state index in [1.54, 1.807) is 0 Å². The number of hydrazine groups is 1. The third-order valence-electron chi connectivity index (χ3n) is 4.20. The summed E-state index contributed by atoms with van der Waals surface area (Å²) in [4.78, 5) is 16.0. The van der Waals surface area contributed by atoms with Crippen molar-refractivity contribution in [3.8, 4) is 0 Å². The number of guanidine groups is 1. The van der Waals surface area contributed by atoms with Crippen LogP contribution in [0.3, 0.4) is 0 Å². The lowest BCUT2D eigenvalue weighted by atomic mass is 10.3. The highest BCUT2D eigenvalue weighted by Crippen LogP contribution is 2.16. The Morgan fingerprint density at radius 3 is 1.20 bits per heavy atom. The average molecular weight is 421 g/mol. The number of fused-ring (bicyclic) bond motifs is 8. The van der Waals surface area contributed by atoms with E-state index in [-0.39, 0.29) is 18.4 Å². The van der Waals surface area contributed by atoms with Gasteiger partial charge in [-0.3, -0.25) is 10.8 Å². The van der Waals surface area contributed by atoms with E-state index < -0.39 is 0 Å². The van der Waals surface area contributed by atoms with E-state index in [2.05, 4.69) is 55.8 Å². The highest BCUT2D eigenvalue weighted by atomic mass is 35.5. The van der Waals surface area contributed by atoms with E-state index in [4.69, 9.17) is 5.41 Å². The molecule has 3 aromatic heterocycles. The summed E-state index contributed by atoms with van der Waals surface area (Å²) in [5.41, 5.74) is 14.4. The fraction of sp³-hybridized carbons (Fsp3) is 0. The lowest BCUT2D eigenvalue weighted by Gasteiger charge is -1.85. The van der Waals surface area contributed by atoms with Crippen molar-refractivity contribution < 1.29 is 0 Å². The van der Waals surface area contributed by atoms with Gasteiger partial charge in [0.15, 0.2) is 5.96 Å². The third-order valence-corrected chi connectivity index (χ3v) is 4.20. The first-order chi connectivity index (χ1) is 14.1. The Bertz CT molecular complexity index is 1110. The van der Waals surface area contributed by atoms with Crippen LogP contribution in [0, 0.1) is 5.41 Å². The Balaban J connectivity index is 0.000000386. The molecule has 0 atom stereocenters. The van der Waals surface area contributed by atoms with Crippen molar-refractivity contribution in [1.29, 1.82) is 5.41 Å². The summed E-state index contributed by atoms with van der Waals surface area (Å²) >= 11 is 0. The third kappa shape index (κ3) is 5.13. The zero-order valence-corrected chi connectivity index (χ0v) is 16.7. The summed E-state index contributed by atoms with van der Waals surface area (Å²) in [5, 5.41) is 6.28. The molecule has 2 aliphatic heterocycles. The molecule has 0 radical (unpaired) electrons. The Labute approximate surface area is 178 Å². The van der Waals surface area contributed by atoms with Gasteiger partial charge in [-0.05, 0) is 72.8 Å². The van der Waals surface area contributed by atoms with Crippen molar-refractivity contribution in [1.82, 2.24) is 25.4 Å². The number of nitrogens with one attached hydrogen (secondary N) is 4. The van der Waals surface area contributed by atoms with Gasteiger partial charge in [0.2, 0.25) is 0 Å². The number of nitrogens with two attached hydrogens (primary N) is 2. The van der Waals surface area contributed by atoms with Crippen LogP contribution in [0.5, 0.6) is 0 Å². The van der Waals surface area contributed by atoms with Crippen molar-refractivity contribution in [3.05, 3.63) is 71.3 Å². The van der Waals surface area contributed by atoms with Gasteiger partial charge in [0.1, 0.15) is 0 Å². The standard InChI is InChI=1S/C20H14N4.CH6N4.ClH/c1-2-14-10-16-5-6-18(23-16)12-20-8-7-19(24-20)11-17-4-3-15(22-17)9-13(1)21-14;2-1(3)5-4;/h1-12,21,24H;4H2,(H4,2,3,5);1H. The van der Waals surface area contributed by atoms with Crippen LogP contribution in [0.2, 0.25) is 0 Å². The fourth-order valence-electron chi connectivity index (χ4n) is 2.94. The minimum atomic E-state index is -0.218. The largest absolute Gasteiger partial charge is 0.369 e. The number of H-pyrrole nitrogens is 2. The number of rotatable bonds is 0. The van der Waals surface area contributed by atoms with E-state index in [9.17, 15) is 0 Å². The van der Waals surface area contributed by atoms with E-state index in [0.717, 1.165) is 44.8 Å². The fourth-order valence-corrected chi connectivity index (χ4v) is 2.94. The summed E-state index contributed by atoms with van der Waals surface area (Å²) in [6.45, 7) is 0. The van der Waals surface area contributed by atoms with Gasteiger partial charge in [-0.25, -0.2) is 15.8 Å². The molecule has 3 aromatic rings. The quantitative estimate of drug-likeness (QED) is 0.0983. The SMILES string of the molecule is C1=Cc2cc3ccc(cc4nc(cc5ccc(cc1n2)[nH]5)C=C4)[nH]3.Cl.N=C(N)NN. The predicted octanol–water partition coefficient (Wildman–Crippen LogP) is 3.42. The van der Waals surface area contributed by atoms with Crippen molar-refractivity contribution in [2.45, 2.75) is 0 Å². The van der Waals surface area contributed by atoms with Crippen molar-refractivity contribution in [3.63, 3.8) is 0 Å². The Kier molecular flexibility index (Phi) is 6.31. The first-order valence-electron chi connectivity index (χ1n) is 8.92. The maximum absolute atomic E-state index is 6.28. The summed E-state index contributed by atoms with van der Waals surface area (Å²) in [7, 11) is 0. The zero-order chi connectivity index (χ0) is 20.2. The molecule has 8 nitrogen and oxygen atoms in total. The number of aromatic amines is 2. The Morgan fingerprint density at radius 1 is 0.700 bits per heavy atom. The van der Waals surface area contributed by atoms with Crippen molar-refractivity contribution >= 4 is 64.7 Å². The van der Waals surface area contributed by atoms with Crippen molar-refractivity contribution in [2.75, 3.05) is 0 Å².